The predicted molar refractivity (Wildman–Crippen MR) is 121 cm³/mol. The highest BCUT2D eigenvalue weighted by Gasteiger charge is 2.24. The van der Waals surface area contributed by atoms with Crippen LogP contribution < -0.4 is 10.6 Å². The zero-order chi connectivity index (χ0) is 21.9. The Morgan fingerprint density at radius 1 is 1.16 bits per heavy atom. The number of ether oxygens (including phenoxy) is 1. The minimum atomic E-state index is -0.272. The number of nitrogens with one attached hydrogen (secondary N) is 2. The first kappa shape index (κ1) is 22.6. The van der Waals surface area contributed by atoms with Crippen molar-refractivity contribution >= 4 is 17.8 Å². The summed E-state index contributed by atoms with van der Waals surface area (Å²) < 4.78 is 5.41. The van der Waals surface area contributed by atoms with E-state index in [4.69, 9.17) is 4.74 Å². The van der Waals surface area contributed by atoms with Gasteiger partial charge in [0.2, 0.25) is 0 Å². The molecule has 0 unspecified atom stereocenters. The maximum atomic E-state index is 12.5. The van der Waals surface area contributed by atoms with Gasteiger partial charge in [-0.3, -0.25) is 4.79 Å². The summed E-state index contributed by atoms with van der Waals surface area (Å²) in [6.45, 7) is 5.17. The van der Waals surface area contributed by atoms with Gasteiger partial charge in [0.15, 0.2) is 0 Å². The summed E-state index contributed by atoms with van der Waals surface area (Å²) in [5.74, 6) is 0.986. The Bertz CT molecular complexity index is 836. The molecule has 0 radical (unpaired) electrons. The molecule has 31 heavy (non-hydrogen) atoms. The number of carbonyl (C=O) groups excluding carboxylic acids is 2. The SMILES string of the molecule is CCCCNc1cc(C(=O)NCC2CCN(C(=O)OCc3ccccc3)CC2)ccn1. The molecule has 0 bridgehead atoms. The van der Waals surface area contributed by atoms with E-state index >= 15 is 0 Å². The van der Waals surface area contributed by atoms with Gasteiger partial charge in [-0.05, 0) is 42.9 Å². The number of anilines is 1. The molecular formula is C24H32N4O3. The molecule has 2 N–H and O–H groups in total. The molecule has 2 amide bonds. The summed E-state index contributed by atoms with van der Waals surface area (Å²) >= 11 is 0. The number of rotatable bonds is 9. The van der Waals surface area contributed by atoms with E-state index in [9.17, 15) is 9.59 Å². The van der Waals surface area contributed by atoms with E-state index in [0.717, 1.165) is 43.6 Å². The van der Waals surface area contributed by atoms with Crippen molar-refractivity contribution in [1.29, 1.82) is 0 Å². The summed E-state index contributed by atoms with van der Waals surface area (Å²) in [6, 6.07) is 13.2. The number of piperidine rings is 1. The average Bonchev–Trinajstić information content (AvgIpc) is 2.82. The number of hydrogen-bond acceptors (Lipinski definition) is 5. The van der Waals surface area contributed by atoms with Gasteiger partial charge in [-0.1, -0.05) is 43.7 Å². The standard InChI is InChI=1S/C24H32N4O3/c1-2-3-12-25-22-16-21(9-13-26-22)23(29)27-17-19-10-14-28(15-11-19)24(30)31-18-20-7-5-4-6-8-20/h4-9,13,16,19H,2-3,10-12,14-15,17-18H2,1H3,(H,25,26)(H,27,29). The molecular weight excluding hydrogens is 392 g/mol. The first-order valence-electron chi connectivity index (χ1n) is 11.1. The van der Waals surface area contributed by atoms with Crippen LogP contribution in [0.4, 0.5) is 10.6 Å². The van der Waals surface area contributed by atoms with E-state index in [-0.39, 0.29) is 18.6 Å². The molecule has 1 saturated heterocycles. The second-order valence-corrected chi connectivity index (χ2v) is 7.89. The smallest absolute Gasteiger partial charge is 0.410 e. The number of likely N-dealkylation sites (tertiary alicyclic amines) is 1. The zero-order valence-corrected chi connectivity index (χ0v) is 18.2. The van der Waals surface area contributed by atoms with Gasteiger partial charge < -0.3 is 20.3 Å². The van der Waals surface area contributed by atoms with E-state index in [1.807, 2.05) is 30.3 Å². The topological polar surface area (TPSA) is 83.6 Å². The lowest BCUT2D eigenvalue weighted by Crippen LogP contribution is -2.41. The fraction of sp³-hybridized carbons (Fsp3) is 0.458. The van der Waals surface area contributed by atoms with Crippen LogP contribution in [0, 0.1) is 5.92 Å². The Kier molecular flexibility index (Phi) is 8.70. The number of carbonyl (C=O) groups is 2. The molecule has 7 heteroatoms. The predicted octanol–water partition coefficient (Wildman–Crippen LogP) is 4.07. The van der Waals surface area contributed by atoms with Crippen molar-refractivity contribution in [3.8, 4) is 0 Å². The highest BCUT2D eigenvalue weighted by atomic mass is 16.6. The fourth-order valence-corrected chi connectivity index (χ4v) is 3.53. The number of hydrogen-bond donors (Lipinski definition) is 2. The van der Waals surface area contributed by atoms with Crippen molar-refractivity contribution in [2.45, 2.75) is 39.2 Å². The van der Waals surface area contributed by atoms with Crippen LogP contribution in [0.25, 0.3) is 0 Å². The summed E-state index contributed by atoms with van der Waals surface area (Å²) in [6.07, 6.45) is 5.25. The molecule has 0 saturated carbocycles. The second kappa shape index (κ2) is 11.9. The van der Waals surface area contributed by atoms with Crippen molar-refractivity contribution in [2.75, 3.05) is 31.5 Å². The van der Waals surface area contributed by atoms with E-state index in [0.29, 0.717) is 31.1 Å². The lowest BCUT2D eigenvalue weighted by molar-refractivity contribution is 0.0801. The molecule has 2 aromatic rings. The molecule has 7 nitrogen and oxygen atoms in total. The van der Waals surface area contributed by atoms with Crippen molar-refractivity contribution in [3.05, 3.63) is 59.8 Å². The van der Waals surface area contributed by atoms with Gasteiger partial charge in [-0.15, -0.1) is 0 Å². The van der Waals surface area contributed by atoms with Gasteiger partial charge in [0, 0.05) is 37.9 Å². The third kappa shape index (κ3) is 7.27. The number of amides is 2. The maximum absolute atomic E-state index is 12.5. The lowest BCUT2D eigenvalue weighted by atomic mass is 9.97. The maximum Gasteiger partial charge on any atom is 0.410 e. The van der Waals surface area contributed by atoms with Gasteiger partial charge in [0.25, 0.3) is 5.91 Å². The molecule has 0 atom stereocenters. The van der Waals surface area contributed by atoms with E-state index in [2.05, 4.69) is 22.5 Å². The summed E-state index contributed by atoms with van der Waals surface area (Å²) in [5.41, 5.74) is 1.59. The van der Waals surface area contributed by atoms with Gasteiger partial charge >= 0.3 is 6.09 Å². The van der Waals surface area contributed by atoms with Gasteiger partial charge in [0.1, 0.15) is 12.4 Å². The van der Waals surface area contributed by atoms with Gasteiger partial charge in [-0.2, -0.15) is 0 Å². The Labute approximate surface area is 184 Å². The van der Waals surface area contributed by atoms with E-state index in [1.165, 1.54) is 0 Å². The van der Waals surface area contributed by atoms with Crippen molar-refractivity contribution in [1.82, 2.24) is 15.2 Å². The number of nitrogens with zero attached hydrogens (tertiary/aromatic N) is 2. The first-order chi connectivity index (χ1) is 15.2. The normalized spacial score (nSPS) is 14.2. The van der Waals surface area contributed by atoms with E-state index < -0.39 is 0 Å². The number of benzene rings is 1. The summed E-state index contributed by atoms with van der Waals surface area (Å²) in [5, 5.41) is 6.27. The molecule has 2 heterocycles. The average molecular weight is 425 g/mol. The molecule has 0 spiro atoms. The van der Waals surface area contributed by atoms with Gasteiger partial charge in [-0.25, -0.2) is 9.78 Å². The Balaban J connectivity index is 1.37. The van der Waals surface area contributed by atoms with E-state index in [1.54, 1.807) is 23.2 Å². The monoisotopic (exact) mass is 424 g/mol. The Hall–Kier alpha value is -3.09. The third-order valence-corrected chi connectivity index (χ3v) is 5.49. The fourth-order valence-electron chi connectivity index (χ4n) is 3.53. The first-order valence-corrected chi connectivity index (χ1v) is 11.1. The molecule has 1 fully saturated rings. The largest absolute Gasteiger partial charge is 0.445 e. The summed E-state index contributed by atoms with van der Waals surface area (Å²) in [4.78, 5) is 30.8. The van der Waals surface area contributed by atoms with Crippen LogP contribution in [0.15, 0.2) is 48.7 Å². The highest BCUT2D eigenvalue weighted by molar-refractivity contribution is 5.94. The van der Waals surface area contributed by atoms with Crippen LogP contribution in [0.1, 0.15) is 48.5 Å². The Morgan fingerprint density at radius 3 is 2.68 bits per heavy atom. The Morgan fingerprint density at radius 2 is 1.94 bits per heavy atom. The van der Waals surface area contributed by atoms with Crippen LogP contribution >= 0.6 is 0 Å². The van der Waals surface area contributed by atoms with Crippen molar-refractivity contribution in [2.24, 2.45) is 5.92 Å². The quantitative estimate of drug-likeness (QED) is 0.593. The van der Waals surface area contributed by atoms with Gasteiger partial charge in [0.05, 0.1) is 0 Å². The third-order valence-electron chi connectivity index (χ3n) is 5.49. The van der Waals surface area contributed by atoms with Crippen LogP contribution in [0.5, 0.6) is 0 Å². The van der Waals surface area contributed by atoms with Crippen LogP contribution in [0.2, 0.25) is 0 Å². The second-order valence-electron chi connectivity index (χ2n) is 7.89. The molecule has 0 aliphatic carbocycles. The molecule has 1 aromatic heterocycles. The molecule has 3 rings (SSSR count). The molecule has 1 aromatic carbocycles. The van der Waals surface area contributed by atoms with Crippen LogP contribution in [-0.2, 0) is 11.3 Å². The minimum absolute atomic E-state index is 0.0920. The number of pyridine rings is 1. The lowest BCUT2D eigenvalue weighted by Gasteiger charge is -2.31. The summed E-state index contributed by atoms with van der Waals surface area (Å²) in [7, 11) is 0. The van der Waals surface area contributed by atoms with Crippen LogP contribution in [0.3, 0.4) is 0 Å². The minimum Gasteiger partial charge on any atom is -0.445 e. The van der Waals surface area contributed by atoms with Crippen molar-refractivity contribution in [3.63, 3.8) is 0 Å². The highest BCUT2D eigenvalue weighted by Crippen LogP contribution is 2.18. The van der Waals surface area contributed by atoms with Crippen LogP contribution in [-0.4, -0.2) is 48.1 Å². The molecule has 1 aliphatic heterocycles. The molecule has 166 valence electrons. The zero-order valence-electron chi connectivity index (χ0n) is 18.2. The van der Waals surface area contributed by atoms with Crippen molar-refractivity contribution < 1.29 is 14.3 Å². The molecule has 1 aliphatic rings. The number of aromatic nitrogens is 1. The number of unbranched alkanes of at least 4 members (excludes halogenated alkanes) is 1.